The van der Waals surface area contributed by atoms with Crippen molar-refractivity contribution in [1.29, 1.82) is 0 Å². The van der Waals surface area contributed by atoms with E-state index in [-0.39, 0.29) is 5.54 Å². The van der Waals surface area contributed by atoms with Gasteiger partial charge in [0.1, 0.15) is 11.3 Å². The average Bonchev–Trinajstić information content (AvgIpc) is 2.63. The van der Waals surface area contributed by atoms with Gasteiger partial charge in [-0.3, -0.25) is 4.90 Å². The molecule has 0 aromatic carbocycles. The molecule has 4 nitrogen and oxygen atoms in total. The Balaban J connectivity index is 2.27. The number of hydrogen-bond acceptors (Lipinski definition) is 5. The first kappa shape index (κ1) is 9.05. The van der Waals surface area contributed by atoms with Crippen LogP contribution in [0.3, 0.4) is 0 Å². The van der Waals surface area contributed by atoms with Crippen LogP contribution in [-0.4, -0.2) is 40.9 Å². The highest BCUT2D eigenvalue weighted by Gasteiger charge is 2.36. The first-order valence-corrected chi connectivity index (χ1v) is 5.20. The van der Waals surface area contributed by atoms with E-state index in [9.17, 15) is 0 Å². The minimum Gasteiger partial charge on any atom is -0.313 e. The third-order valence-corrected chi connectivity index (χ3v) is 3.68. The Morgan fingerprint density at radius 2 is 2.54 bits per heavy atom. The summed E-state index contributed by atoms with van der Waals surface area (Å²) in [4.78, 5) is 6.63. The second-order valence-electron chi connectivity index (χ2n) is 3.62. The lowest BCUT2D eigenvalue weighted by atomic mass is 9.99. The molecule has 0 spiro atoms. The largest absolute Gasteiger partial charge is 0.313 e. The Labute approximate surface area is 82.1 Å². The molecule has 1 saturated heterocycles. The minimum absolute atomic E-state index is 0.0272. The van der Waals surface area contributed by atoms with Crippen molar-refractivity contribution in [1.82, 2.24) is 19.6 Å². The number of nitrogens with one attached hydrogen (secondary N) is 1. The van der Waals surface area contributed by atoms with Crippen LogP contribution < -0.4 is 5.32 Å². The first-order valence-electron chi connectivity index (χ1n) is 4.42. The summed E-state index contributed by atoms with van der Waals surface area (Å²) in [5, 5.41) is 4.49. The summed E-state index contributed by atoms with van der Waals surface area (Å²) in [5.41, 5.74) is 0.0272. The van der Waals surface area contributed by atoms with Crippen LogP contribution in [-0.2, 0) is 5.54 Å². The maximum atomic E-state index is 4.29. The van der Waals surface area contributed by atoms with E-state index in [1.807, 2.05) is 0 Å². The van der Waals surface area contributed by atoms with Crippen molar-refractivity contribution in [2.45, 2.75) is 12.5 Å². The van der Waals surface area contributed by atoms with Crippen molar-refractivity contribution in [3.63, 3.8) is 0 Å². The first-order chi connectivity index (χ1) is 6.23. The third kappa shape index (κ3) is 1.47. The SMILES string of the molecule is CN1CCNCC1(C)c1ncns1. The lowest BCUT2D eigenvalue weighted by molar-refractivity contribution is 0.103. The summed E-state index contributed by atoms with van der Waals surface area (Å²) in [6.07, 6.45) is 1.63. The van der Waals surface area contributed by atoms with Gasteiger partial charge in [-0.25, -0.2) is 4.98 Å². The summed E-state index contributed by atoms with van der Waals surface area (Å²) in [5.74, 6) is 0. The fourth-order valence-corrected chi connectivity index (χ4v) is 2.32. The van der Waals surface area contributed by atoms with Gasteiger partial charge in [0.15, 0.2) is 0 Å². The monoisotopic (exact) mass is 198 g/mol. The van der Waals surface area contributed by atoms with Crippen LogP contribution in [0.2, 0.25) is 0 Å². The number of nitrogens with zero attached hydrogens (tertiary/aromatic N) is 3. The zero-order chi connectivity index (χ0) is 9.31. The molecule has 0 saturated carbocycles. The maximum absolute atomic E-state index is 4.29. The Bertz CT molecular complexity index is 274. The van der Waals surface area contributed by atoms with E-state index in [4.69, 9.17) is 0 Å². The van der Waals surface area contributed by atoms with Crippen LogP contribution in [0, 0.1) is 0 Å². The lowest BCUT2D eigenvalue weighted by Crippen LogP contribution is -2.55. The fourth-order valence-electron chi connectivity index (χ4n) is 1.61. The molecule has 0 bridgehead atoms. The highest BCUT2D eigenvalue weighted by Crippen LogP contribution is 2.28. The molecule has 0 radical (unpaired) electrons. The number of likely N-dealkylation sites (N-methyl/N-ethyl adjacent to an activating group) is 1. The molecule has 2 heterocycles. The highest BCUT2D eigenvalue weighted by atomic mass is 32.1. The zero-order valence-corrected chi connectivity index (χ0v) is 8.77. The van der Waals surface area contributed by atoms with Gasteiger partial charge in [-0.1, -0.05) is 0 Å². The molecular weight excluding hydrogens is 184 g/mol. The van der Waals surface area contributed by atoms with Gasteiger partial charge in [-0.2, -0.15) is 4.37 Å². The third-order valence-electron chi connectivity index (χ3n) is 2.76. The normalized spacial score (nSPS) is 30.6. The molecule has 1 aliphatic rings. The van der Waals surface area contributed by atoms with Crippen molar-refractivity contribution in [3.8, 4) is 0 Å². The molecule has 1 aromatic rings. The Kier molecular flexibility index (Phi) is 2.31. The van der Waals surface area contributed by atoms with Crippen LogP contribution in [0.4, 0.5) is 0 Å². The standard InChI is InChI=1S/C8H14N4S/c1-8(7-10-6-11-13-7)5-9-3-4-12(8)2/h6,9H,3-5H2,1-2H3. The lowest BCUT2D eigenvalue weighted by Gasteiger charge is -2.41. The predicted molar refractivity (Wildman–Crippen MR) is 52.8 cm³/mol. The molecule has 13 heavy (non-hydrogen) atoms. The summed E-state index contributed by atoms with van der Waals surface area (Å²) in [6, 6.07) is 0. The molecular formula is C8H14N4S. The van der Waals surface area contributed by atoms with Crippen molar-refractivity contribution < 1.29 is 0 Å². The van der Waals surface area contributed by atoms with E-state index >= 15 is 0 Å². The van der Waals surface area contributed by atoms with Gasteiger partial charge in [-0.15, -0.1) is 0 Å². The molecule has 1 unspecified atom stereocenters. The van der Waals surface area contributed by atoms with Crippen molar-refractivity contribution in [2.24, 2.45) is 0 Å². The number of piperazine rings is 1. The summed E-state index contributed by atoms with van der Waals surface area (Å²) in [6.45, 7) is 5.29. The smallest absolute Gasteiger partial charge is 0.134 e. The summed E-state index contributed by atoms with van der Waals surface area (Å²) in [7, 11) is 2.14. The van der Waals surface area contributed by atoms with Crippen LogP contribution in [0.5, 0.6) is 0 Å². The summed E-state index contributed by atoms with van der Waals surface area (Å²) < 4.78 is 4.05. The molecule has 2 rings (SSSR count). The van der Waals surface area contributed by atoms with Gasteiger partial charge in [0.05, 0.1) is 5.54 Å². The van der Waals surface area contributed by atoms with E-state index in [0.717, 1.165) is 24.6 Å². The van der Waals surface area contributed by atoms with Crippen molar-refractivity contribution in [3.05, 3.63) is 11.3 Å². The Morgan fingerprint density at radius 1 is 1.69 bits per heavy atom. The highest BCUT2D eigenvalue weighted by molar-refractivity contribution is 7.05. The zero-order valence-electron chi connectivity index (χ0n) is 7.95. The molecule has 72 valence electrons. The molecule has 5 heteroatoms. The predicted octanol–water partition coefficient (Wildman–Crippen LogP) is 0.288. The van der Waals surface area contributed by atoms with E-state index in [1.54, 1.807) is 6.33 Å². The van der Waals surface area contributed by atoms with Gasteiger partial charge >= 0.3 is 0 Å². The second-order valence-corrected chi connectivity index (χ2v) is 4.40. The van der Waals surface area contributed by atoms with Crippen molar-refractivity contribution in [2.75, 3.05) is 26.7 Å². The maximum Gasteiger partial charge on any atom is 0.134 e. The Hall–Kier alpha value is -0.520. The van der Waals surface area contributed by atoms with E-state index in [1.165, 1.54) is 11.5 Å². The molecule has 1 atom stereocenters. The van der Waals surface area contributed by atoms with Gasteiger partial charge in [0.25, 0.3) is 0 Å². The van der Waals surface area contributed by atoms with Crippen LogP contribution in [0.1, 0.15) is 11.9 Å². The molecule has 1 aromatic heterocycles. The topological polar surface area (TPSA) is 41.0 Å². The molecule has 0 amide bonds. The Morgan fingerprint density at radius 3 is 3.15 bits per heavy atom. The van der Waals surface area contributed by atoms with Crippen LogP contribution in [0.15, 0.2) is 6.33 Å². The number of rotatable bonds is 1. The number of hydrogen-bond donors (Lipinski definition) is 1. The van der Waals surface area contributed by atoms with Crippen molar-refractivity contribution >= 4 is 11.5 Å². The number of aromatic nitrogens is 2. The minimum atomic E-state index is 0.0272. The molecule has 1 aliphatic heterocycles. The molecule has 0 aliphatic carbocycles. The molecule has 1 N–H and O–H groups in total. The quantitative estimate of drug-likeness (QED) is 0.704. The van der Waals surface area contributed by atoms with Crippen LogP contribution in [0.25, 0.3) is 0 Å². The van der Waals surface area contributed by atoms with Gasteiger partial charge < -0.3 is 5.32 Å². The molecule has 1 fully saturated rings. The van der Waals surface area contributed by atoms with E-state index in [2.05, 4.69) is 33.5 Å². The van der Waals surface area contributed by atoms with Gasteiger partial charge in [0, 0.05) is 19.6 Å². The summed E-state index contributed by atoms with van der Waals surface area (Å²) >= 11 is 1.49. The van der Waals surface area contributed by atoms with Gasteiger partial charge in [0.2, 0.25) is 0 Å². The van der Waals surface area contributed by atoms with E-state index < -0.39 is 0 Å². The van der Waals surface area contributed by atoms with Crippen LogP contribution >= 0.6 is 11.5 Å². The van der Waals surface area contributed by atoms with Gasteiger partial charge in [-0.05, 0) is 25.5 Å². The van der Waals surface area contributed by atoms with E-state index in [0.29, 0.717) is 0 Å². The average molecular weight is 198 g/mol. The fraction of sp³-hybridized carbons (Fsp3) is 0.750. The second kappa shape index (κ2) is 3.32.